The van der Waals surface area contributed by atoms with Crippen molar-refractivity contribution in [3.8, 4) is 17.2 Å². The van der Waals surface area contributed by atoms with Crippen LogP contribution in [-0.4, -0.2) is 60.8 Å². The van der Waals surface area contributed by atoms with E-state index in [4.69, 9.17) is 14.2 Å². The van der Waals surface area contributed by atoms with Crippen LogP contribution in [0.4, 0.5) is 22.4 Å². The molecular formula is C30H31F4NO7. The fourth-order valence-corrected chi connectivity index (χ4v) is 3.95. The smallest absolute Gasteiger partial charge is 0.492 e. The van der Waals surface area contributed by atoms with Crippen molar-refractivity contribution in [2.75, 3.05) is 26.3 Å². The standard InChI is InChI=1S/C30H31F4NO7/c1-2-39-27(28(36)37)20-22-11-15-24(16-12-22)40-19-18-35(17-5-6-21-9-13-23(31)14-10-21)29(38)41-25-7-3-4-8-26(25)42-30(32,33)34/h3-4,7-16,27H,2,5-6,17-20H2,1H3,(H,36,37). The summed E-state index contributed by atoms with van der Waals surface area (Å²) in [6, 6.07) is 17.6. The van der Waals surface area contributed by atoms with Gasteiger partial charge in [-0.2, -0.15) is 0 Å². The number of carboxylic acid groups (broad SMARTS) is 1. The van der Waals surface area contributed by atoms with E-state index in [9.17, 15) is 32.3 Å². The van der Waals surface area contributed by atoms with Crippen molar-refractivity contribution in [3.05, 3.63) is 89.7 Å². The third kappa shape index (κ3) is 10.9. The van der Waals surface area contributed by atoms with Crippen molar-refractivity contribution in [1.29, 1.82) is 0 Å². The van der Waals surface area contributed by atoms with Gasteiger partial charge in [0.15, 0.2) is 17.6 Å². The molecule has 3 aromatic carbocycles. The Bertz CT molecular complexity index is 1280. The molecule has 1 atom stereocenters. The first-order valence-electron chi connectivity index (χ1n) is 13.2. The van der Waals surface area contributed by atoms with E-state index >= 15 is 0 Å². The number of hydrogen-bond acceptors (Lipinski definition) is 6. The number of amides is 1. The molecular weight excluding hydrogens is 562 g/mol. The maximum absolute atomic E-state index is 13.2. The van der Waals surface area contributed by atoms with Gasteiger partial charge in [0, 0.05) is 19.6 Å². The molecule has 0 aliphatic carbocycles. The number of aliphatic carboxylic acids is 1. The molecule has 1 N–H and O–H groups in total. The molecule has 0 heterocycles. The monoisotopic (exact) mass is 593 g/mol. The van der Waals surface area contributed by atoms with Gasteiger partial charge in [0.1, 0.15) is 18.2 Å². The van der Waals surface area contributed by atoms with Gasteiger partial charge >= 0.3 is 18.4 Å². The summed E-state index contributed by atoms with van der Waals surface area (Å²) in [5.74, 6) is -2.02. The zero-order valence-corrected chi connectivity index (χ0v) is 22.8. The first kappa shape index (κ1) is 32.2. The first-order chi connectivity index (χ1) is 20.0. The Morgan fingerprint density at radius 1 is 0.905 bits per heavy atom. The van der Waals surface area contributed by atoms with Crippen LogP contribution in [0.5, 0.6) is 17.2 Å². The van der Waals surface area contributed by atoms with Gasteiger partial charge in [0.25, 0.3) is 0 Å². The highest BCUT2D eigenvalue weighted by molar-refractivity contribution is 5.73. The number of benzene rings is 3. The highest BCUT2D eigenvalue weighted by Gasteiger charge is 2.33. The van der Waals surface area contributed by atoms with E-state index in [0.717, 1.165) is 17.2 Å². The molecule has 0 spiro atoms. The van der Waals surface area contributed by atoms with Gasteiger partial charge in [-0.25, -0.2) is 14.0 Å². The number of ether oxygens (including phenoxy) is 4. The number of para-hydroxylation sites is 2. The molecule has 0 saturated heterocycles. The Kier molecular flexibility index (Phi) is 12.0. The van der Waals surface area contributed by atoms with Crippen molar-refractivity contribution >= 4 is 12.1 Å². The van der Waals surface area contributed by atoms with Crippen LogP contribution < -0.4 is 14.2 Å². The number of carboxylic acids is 1. The van der Waals surface area contributed by atoms with Gasteiger partial charge in [-0.15, -0.1) is 13.2 Å². The van der Waals surface area contributed by atoms with E-state index in [-0.39, 0.29) is 38.5 Å². The largest absolute Gasteiger partial charge is 0.573 e. The third-order valence-corrected chi connectivity index (χ3v) is 5.95. The summed E-state index contributed by atoms with van der Waals surface area (Å²) in [6.45, 7) is 2.22. The molecule has 226 valence electrons. The van der Waals surface area contributed by atoms with Gasteiger partial charge in [0.05, 0.1) is 6.54 Å². The minimum absolute atomic E-state index is 0.0301. The van der Waals surface area contributed by atoms with Crippen molar-refractivity contribution in [1.82, 2.24) is 4.90 Å². The zero-order valence-electron chi connectivity index (χ0n) is 22.8. The average molecular weight is 594 g/mol. The van der Waals surface area contributed by atoms with Crippen LogP contribution in [0.1, 0.15) is 24.5 Å². The molecule has 1 unspecified atom stereocenters. The number of hydrogen-bond donors (Lipinski definition) is 1. The topological polar surface area (TPSA) is 94.5 Å². The molecule has 8 nitrogen and oxygen atoms in total. The molecule has 0 aliphatic rings. The van der Waals surface area contributed by atoms with Crippen molar-refractivity contribution < 1.29 is 51.2 Å². The lowest BCUT2D eigenvalue weighted by Crippen LogP contribution is -2.37. The molecule has 0 aromatic heterocycles. The maximum Gasteiger partial charge on any atom is 0.573 e. The summed E-state index contributed by atoms with van der Waals surface area (Å²) in [6.07, 6.45) is -5.70. The van der Waals surface area contributed by atoms with E-state index in [1.54, 1.807) is 43.3 Å². The van der Waals surface area contributed by atoms with Crippen LogP contribution in [0.2, 0.25) is 0 Å². The van der Waals surface area contributed by atoms with Crippen LogP contribution in [0.25, 0.3) is 0 Å². The number of nitrogens with zero attached hydrogens (tertiary/aromatic N) is 1. The second kappa shape index (κ2) is 15.6. The number of alkyl halides is 3. The molecule has 12 heteroatoms. The minimum atomic E-state index is -4.97. The van der Waals surface area contributed by atoms with Crippen LogP contribution in [0, 0.1) is 5.82 Å². The van der Waals surface area contributed by atoms with Crippen molar-refractivity contribution in [3.63, 3.8) is 0 Å². The van der Waals surface area contributed by atoms with E-state index < -0.39 is 36.0 Å². The zero-order chi connectivity index (χ0) is 30.5. The predicted molar refractivity (Wildman–Crippen MR) is 144 cm³/mol. The average Bonchev–Trinajstić information content (AvgIpc) is 2.94. The van der Waals surface area contributed by atoms with Crippen LogP contribution in [-0.2, 0) is 22.4 Å². The second-order valence-corrected chi connectivity index (χ2v) is 9.06. The summed E-state index contributed by atoms with van der Waals surface area (Å²) in [5, 5.41) is 9.26. The lowest BCUT2D eigenvalue weighted by molar-refractivity contribution is -0.275. The van der Waals surface area contributed by atoms with Crippen molar-refractivity contribution in [2.24, 2.45) is 0 Å². The van der Waals surface area contributed by atoms with Crippen LogP contribution >= 0.6 is 0 Å². The normalized spacial score (nSPS) is 11.9. The summed E-state index contributed by atoms with van der Waals surface area (Å²) in [7, 11) is 0. The van der Waals surface area contributed by atoms with Gasteiger partial charge in [0.2, 0.25) is 0 Å². The Labute approximate surface area is 240 Å². The maximum atomic E-state index is 13.2. The Morgan fingerprint density at radius 2 is 1.55 bits per heavy atom. The fourth-order valence-electron chi connectivity index (χ4n) is 3.95. The molecule has 0 fully saturated rings. The van der Waals surface area contributed by atoms with E-state index in [1.165, 1.54) is 35.2 Å². The quantitative estimate of drug-likeness (QED) is 0.208. The van der Waals surface area contributed by atoms with E-state index in [2.05, 4.69) is 4.74 Å². The van der Waals surface area contributed by atoms with E-state index in [0.29, 0.717) is 18.6 Å². The summed E-state index contributed by atoms with van der Waals surface area (Å²) < 4.78 is 71.9. The summed E-state index contributed by atoms with van der Waals surface area (Å²) in [5.41, 5.74) is 1.58. The third-order valence-electron chi connectivity index (χ3n) is 5.95. The first-order valence-corrected chi connectivity index (χ1v) is 13.2. The molecule has 0 saturated carbocycles. The molecule has 42 heavy (non-hydrogen) atoms. The highest BCUT2D eigenvalue weighted by atomic mass is 19.4. The van der Waals surface area contributed by atoms with Gasteiger partial charge < -0.3 is 29.0 Å². The van der Waals surface area contributed by atoms with Gasteiger partial charge in [-0.05, 0) is 67.3 Å². The van der Waals surface area contributed by atoms with E-state index in [1.807, 2.05) is 0 Å². The van der Waals surface area contributed by atoms with Crippen LogP contribution in [0.3, 0.4) is 0 Å². The number of carbonyl (C=O) groups is 2. The lowest BCUT2D eigenvalue weighted by Gasteiger charge is -2.23. The molecule has 0 radical (unpaired) electrons. The second-order valence-electron chi connectivity index (χ2n) is 9.06. The molecule has 3 aromatic rings. The summed E-state index contributed by atoms with van der Waals surface area (Å²) in [4.78, 5) is 25.6. The number of rotatable bonds is 15. The SMILES string of the molecule is CCOC(Cc1ccc(OCCN(CCCc2ccc(F)cc2)C(=O)Oc2ccccc2OC(F)(F)F)cc1)C(=O)O. The predicted octanol–water partition coefficient (Wildman–Crippen LogP) is 6.27. The number of aryl methyl sites for hydroxylation is 1. The highest BCUT2D eigenvalue weighted by Crippen LogP contribution is 2.32. The van der Waals surface area contributed by atoms with Gasteiger partial charge in [-0.1, -0.05) is 36.4 Å². The number of carbonyl (C=O) groups excluding carboxylic acids is 1. The number of halogens is 4. The lowest BCUT2D eigenvalue weighted by atomic mass is 10.1. The Morgan fingerprint density at radius 3 is 2.17 bits per heavy atom. The minimum Gasteiger partial charge on any atom is -0.492 e. The molecule has 3 rings (SSSR count). The Balaban J connectivity index is 1.63. The summed E-state index contributed by atoms with van der Waals surface area (Å²) >= 11 is 0. The van der Waals surface area contributed by atoms with Crippen molar-refractivity contribution in [2.45, 2.75) is 38.7 Å². The fraction of sp³-hybridized carbons (Fsp3) is 0.333. The molecule has 0 aliphatic heterocycles. The Hall–Kier alpha value is -4.32. The van der Waals surface area contributed by atoms with Gasteiger partial charge in [-0.3, -0.25) is 0 Å². The van der Waals surface area contributed by atoms with Crippen LogP contribution in [0.15, 0.2) is 72.8 Å². The molecule has 1 amide bonds. The molecule has 0 bridgehead atoms.